The van der Waals surface area contributed by atoms with Crippen LogP contribution in [0.3, 0.4) is 0 Å². The van der Waals surface area contributed by atoms with Crippen LogP contribution in [0.15, 0.2) is 38.3 Å². The van der Waals surface area contributed by atoms with E-state index in [1.807, 2.05) is 17.6 Å². The van der Waals surface area contributed by atoms with Crippen LogP contribution in [-0.2, 0) is 0 Å². The van der Waals surface area contributed by atoms with E-state index >= 15 is 0 Å². The topological polar surface area (TPSA) is 24.4 Å². The van der Waals surface area contributed by atoms with E-state index in [1.54, 1.807) is 0 Å². The maximum atomic E-state index is 5.89. The molecule has 0 radical (unpaired) electrons. The number of fused-ring (bicyclic) bond motifs is 1. The molecule has 5 heteroatoms. The minimum absolute atomic E-state index is 0.311. The Morgan fingerprint density at radius 2 is 2.25 bits per heavy atom. The fourth-order valence-electron chi connectivity index (χ4n) is 0.907. The Bertz CT molecular complexity index is 341. The Kier molecular flexibility index (Phi) is 2.17. The van der Waals surface area contributed by atoms with Crippen molar-refractivity contribution in [3.05, 3.63) is 33.3 Å². The smallest absolute Gasteiger partial charge is 0.201 e. The summed E-state index contributed by atoms with van der Waals surface area (Å²) in [6, 6.07) is 0. The molecule has 0 saturated carbocycles. The summed E-state index contributed by atoms with van der Waals surface area (Å²) in [5.41, 5.74) is 0.816. The molecule has 0 fully saturated rings. The van der Waals surface area contributed by atoms with E-state index in [4.69, 9.17) is 23.2 Å². The highest BCUT2D eigenvalue weighted by molar-refractivity contribution is 8.06. The molecule has 2 heterocycles. The number of rotatable bonds is 0. The van der Waals surface area contributed by atoms with Crippen LogP contribution in [0.1, 0.15) is 0 Å². The van der Waals surface area contributed by atoms with Crippen molar-refractivity contribution in [2.45, 2.75) is 0 Å². The lowest BCUT2D eigenvalue weighted by Gasteiger charge is -2.17. The molecule has 0 aromatic rings. The van der Waals surface area contributed by atoms with Gasteiger partial charge in [-0.2, -0.15) is 0 Å². The van der Waals surface area contributed by atoms with Crippen LogP contribution in [0.4, 0.5) is 0 Å². The second-order valence-corrected chi connectivity index (χ2v) is 3.82. The van der Waals surface area contributed by atoms with Crippen LogP contribution in [0, 0.1) is 0 Å². The number of aliphatic imine (C=N–C) groups is 1. The Labute approximate surface area is 84.0 Å². The molecule has 12 heavy (non-hydrogen) atoms. The zero-order chi connectivity index (χ0) is 8.55. The van der Waals surface area contributed by atoms with E-state index < -0.39 is 0 Å². The first-order valence-electron chi connectivity index (χ1n) is 3.22. The summed E-state index contributed by atoms with van der Waals surface area (Å²) in [5, 5.41) is 5.53. The standard InChI is InChI=1S/C7H4Cl2N2S/c8-6-5-4(2-1-3-12-5)10-7(9)11-6/h1-3H,(H,10,11). The number of hydrogen-bond acceptors (Lipinski definition) is 3. The molecule has 1 N–H and O–H groups in total. The Balaban J connectivity index is 2.46. The Morgan fingerprint density at radius 1 is 1.42 bits per heavy atom. The monoisotopic (exact) mass is 218 g/mol. The molecule has 0 saturated heterocycles. The molecule has 0 bridgehead atoms. The maximum absolute atomic E-state index is 5.89. The van der Waals surface area contributed by atoms with Gasteiger partial charge in [-0.05, 0) is 23.1 Å². The van der Waals surface area contributed by atoms with Crippen molar-refractivity contribution in [1.29, 1.82) is 0 Å². The van der Waals surface area contributed by atoms with Crippen LogP contribution < -0.4 is 5.32 Å². The second kappa shape index (κ2) is 3.17. The number of halogens is 2. The molecule has 0 aliphatic carbocycles. The number of nitrogens with zero attached hydrogens (tertiary/aromatic N) is 1. The van der Waals surface area contributed by atoms with Crippen molar-refractivity contribution in [2.75, 3.05) is 0 Å². The third-order valence-electron chi connectivity index (χ3n) is 1.38. The van der Waals surface area contributed by atoms with Gasteiger partial charge >= 0.3 is 0 Å². The Hall–Kier alpha value is -0.380. The van der Waals surface area contributed by atoms with Crippen LogP contribution in [0.25, 0.3) is 0 Å². The number of thioether (sulfide) groups is 1. The van der Waals surface area contributed by atoms with Gasteiger partial charge in [-0.15, -0.1) is 0 Å². The van der Waals surface area contributed by atoms with E-state index in [0.717, 1.165) is 10.6 Å². The summed E-state index contributed by atoms with van der Waals surface area (Å²) < 4.78 is 0. The average Bonchev–Trinajstić information content (AvgIpc) is 2.04. The normalized spacial score (nSPS) is 21.2. The van der Waals surface area contributed by atoms with Crippen molar-refractivity contribution in [3.63, 3.8) is 0 Å². The first-order chi connectivity index (χ1) is 5.77. The number of hydrogen-bond donors (Lipinski definition) is 1. The van der Waals surface area contributed by atoms with Crippen LogP contribution in [0.2, 0.25) is 0 Å². The van der Waals surface area contributed by atoms with Gasteiger partial charge in [0, 0.05) is 0 Å². The van der Waals surface area contributed by atoms with E-state index in [2.05, 4.69) is 10.3 Å². The molecule has 2 rings (SSSR count). The highest BCUT2D eigenvalue weighted by atomic mass is 35.5. The van der Waals surface area contributed by atoms with Crippen molar-refractivity contribution in [1.82, 2.24) is 5.32 Å². The molecule has 2 aliphatic heterocycles. The molecule has 0 aromatic heterocycles. The van der Waals surface area contributed by atoms with Gasteiger partial charge in [0.05, 0.1) is 10.6 Å². The van der Waals surface area contributed by atoms with Crippen LogP contribution in [-0.4, -0.2) is 5.29 Å². The number of allylic oxidation sites excluding steroid dienone is 2. The molecule has 0 aromatic carbocycles. The fourth-order valence-corrected chi connectivity index (χ4v) is 2.14. The molecular weight excluding hydrogens is 215 g/mol. The molecule has 0 atom stereocenters. The van der Waals surface area contributed by atoms with Gasteiger partial charge in [-0.25, -0.2) is 4.99 Å². The lowest BCUT2D eigenvalue weighted by Crippen LogP contribution is -2.20. The molecule has 0 spiro atoms. The van der Waals surface area contributed by atoms with Crippen LogP contribution >= 0.6 is 35.0 Å². The van der Waals surface area contributed by atoms with E-state index in [9.17, 15) is 0 Å². The van der Waals surface area contributed by atoms with Crippen molar-refractivity contribution >= 4 is 40.3 Å². The molecular formula is C7H4Cl2N2S. The SMILES string of the molecule is ClC1=NC2=CC=CSC2=C(Cl)N1. The zero-order valence-electron chi connectivity index (χ0n) is 5.84. The highest BCUT2D eigenvalue weighted by Crippen LogP contribution is 2.35. The quantitative estimate of drug-likeness (QED) is 0.633. The number of amidine groups is 1. The van der Waals surface area contributed by atoms with E-state index in [0.29, 0.717) is 10.5 Å². The highest BCUT2D eigenvalue weighted by Gasteiger charge is 2.17. The first kappa shape index (κ1) is 8.23. The van der Waals surface area contributed by atoms with Crippen LogP contribution in [0.5, 0.6) is 0 Å². The minimum atomic E-state index is 0.311. The van der Waals surface area contributed by atoms with Crippen molar-refractivity contribution in [2.24, 2.45) is 4.99 Å². The lowest BCUT2D eigenvalue weighted by atomic mass is 10.3. The van der Waals surface area contributed by atoms with Crippen molar-refractivity contribution in [3.8, 4) is 0 Å². The molecule has 2 nitrogen and oxygen atoms in total. The van der Waals surface area contributed by atoms with Gasteiger partial charge in [0.15, 0.2) is 0 Å². The summed E-state index contributed by atoms with van der Waals surface area (Å²) in [6.45, 7) is 0. The second-order valence-electron chi connectivity index (χ2n) is 2.17. The zero-order valence-corrected chi connectivity index (χ0v) is 8.17. The summed E-state index contributed by atoms with van der Waals surface area (Å²) in [6.07, 6.45) is 3.78. The van der Waals surface area contributed by atoms with Gasteiger partial charge in [0.1, 0.15) is 5.16 Å². The predicted octanol–water partition coefficient (Wildman–Crippen LogP) is 2.74. The third-order valence-corrected chi connectivity index (χ3v) is 2.90. The van der Waals surface area contributed by atoms with Gasteiger partial charge in [-0.1, -0.05) is 29.4 Å². The predicted molar refractivity (Wildman–Crippen MR) is 54.1 cm³/mol. The van der Waals surface area contributed by atoms with Gasteiger partial charge in [0.2, 0.25) is 5.29 Å². The minimum Gasteiger partial charge on any atom is -0.320 e. The average molecular weight is 219 g/mol. The Morgan fingerprint density at radius 3 is 3.08 bits per heavy atom. The fraction of sp³-hybridized carbons (Fsp3) is 0. The largest absolute Gasteiger partial charge is 0.320 e. The summed E-state index contributed by atoms with van der Waals surface area (Å²) >= 11 is 13.1. The summed E-state index contributed by atoms with van der Waals surface area (Å²) in [5.74, 6) is 0. The van der Waals surface area contributed by atoms with E-state index in [-0.39, 0.29) is 0 Å². The lowest BCUT2D eigenvalue weighted by molar-refractivity contribution is 1.16. The molecule has 0 unspecified atom stereocenters. The summed E-state index contributed by atoms with van der Waals surface area (Å²) in [4.78, 5) is 4.99. The molecule has 0 amide bonds. The first-order valence-corrected chi connectivity index (χ1v) is 4.86. The molecule has 2 aliphatic rings. The van der Waals surface area contributed by atoms with Gasteiger partial charge in [-0.3, -0.25) is 0 Å². The number of nitrogens with one attached hydrogen (secondary N) is 1. The van der Waals surface area contributed by atoms with Gasteiger partial charge < -0.3 is 5.32 Å². The summed E-state index contributed by atoms with van der Waals surface area (Å²) in [7, 11) is 0. The maximum Gasteiger partial charge on any atom is 0.201 e. The van der Waals surface area contributed by atoms with E-state index in [1.165, 1.54) is 11.8 Å². The van der Waals surface area contributed by atoms with Gasteiger partial charge in [0.25, 0.3) is 0 Å². The third kappa shape index (κ3) is 1.40. The molecule has 62 valence electrons. The van der Waals surface area contributed by atoms with Crippen molar-refractivity contribution < 1.29 is 0 Å².